The van der Waals surface area contributed by atoms with E-state index in [1.807, 2.05) is 6.07 Å². The molecule has 0 saturated heterocycles. The fourth-order valence-electron chi connectivity index (χ4n) is 1.54. The summed E-state index contributed by atoms with van der Waals surface area (Å²) in [5, 5.41) is 0. The molecule has 0 saturated carbocycles. The monoisotopic (exact) mass is 188 g/mol. The van der Waals surface area contributed by atoms with Crippen LogP contribution in [-0.4, -0.2) is 0 Å². The normalized spacial score (nSPS) is 10.5. The molecule has 0 aromatic heterocycles. The summed E-state index contributed by atoms with van der Waals surface area (Å²) in [6.07, 6.45) is 3.68. The summed E-state index contributed by atoms with van der Waals surface area (Å²) < 4.78 is 0. The predicted octanol–water partition coefficient (Wildman–Crippen LogP) is 4.53. The van der Waals surface area contributed by atoms with Crippen LogP contribution in [0, 0.1) is 5.92 Å². The van der Waals surface area contributed by atoms with Gasteiger partial charge in [0.05, 0.1) is 0 Å². The van der Waals surface area contributed by atoms with Crippen molar-refractivity contribution in [3.05, 3.63) is 42.5 Å². The molecular formula is C14H20. The van der Waals surface area contributed by atoms with E-state index in [0.29, 0.717) is 0 Å². The summed E-state index contributed by atoms with van der Waals surface area (Å²) in [4.78, 5) is 0. The third-order valence-corrected chi connectivity index (χ3v) is 2.44. The van der Waals surface area contributed by atoms with Crippen molar-refractivity contribution < 1.29 is 0 Å². The van der Waals surface area contributed by atoms with E-state index < -0.39 is 0 Å². The smallest absolute Gasteiger partial charge is 0.0230 e. The highest BCUT2D eigenvalue weighted by Gasteiger charge is 1.99. The molecule has 0 bridgehead atoms. The molecule has 0 aliphatic rings. The first kappa shape index (κ1) is 11.0. The van der Waals surface area contributed by atoms with Crippen molar-refractivity contribution in [1.82, 2.24) is 0 Å². The molecule has 0 fully saturated rings. The Labute approximate surface area is 87.7 Å². The highest BCUT2D eigenvalue weighted by molar-refractivity contribution is 5.62. The minimum absolute atomic E-state index is 0.804. The molecule has 0 radical (unpaired) electrons. The summed E-state index contributed by atoms with van der Waals surface area (Å²) in [7, 11) is 0. The Morgan fingerprint density at radius 3 is 2.43 bits per heavy atom. The third-order valence-electron chi connectivity index (χ3n) is 2.44. The number of allylic oxidation sites excluding steroid dienone is 1. The van der Waals surface area contributed by atoms with Crippen LogP contribution in [0.3, 0.4) is 0 Å². The van der Waals surface area contributed by atoms with Crippen molar-refractivity contribution in [2.24, 2.45) is 5.92 Å². The molecule has 76 valence electrons. The average Bonchev–Trinajstić information content (AvgIpc) is 2.18. The van der Waals surface area contributed by atoms with E-state index in [4.69, 9.17) is 0 Å². The molecule has 0 nitrogen and oxygen atoms in total. The van der Waals surface area contributed by atoms with Crippen molar-refractivity contribution in [3.63, 3.8) is 0 Å². The highest BCUT2D eigenvalue weighted by atomic mass is 14.0. The lowest BCUT2D eigenvalue weighted by molar-refractivity contribution is 0.562. The molecule has 0 atom stereocenters. The Morgan fingerprint density at radius 2 is 1.86 bits per heavy atom. The first-order valence-corrected chi connectivity index (χ1v) is 5.43. The third kappa shape index (κ3) is 3.78. The van der Waals surface area contributed by atoms with E-state index in [1.165, 1.54) is 24.0 Å². The van der Waals surface area contributed by atoms with Crippen LogP contribution in [0.15, 0.2) is 36.9 Å². The maximum atomic E-state index is 4.12. The van der Waals surface area contributed by atoms with Gasteiger partial charge in [-0.1, -0.05) is 57.2 Å². The molecule has 14 heavy (non-hydrogen) atoms. The van der Waals surface area contributed by atoms with Crippen molar-refractivity contribution in [2.45, 2.75) is 33.1 Å². The van der Waals surface area contributed by atoms with Gasteiger partial charge in [0.25, 0.3) is 0 Å². The highest BCUT2D eigenvalue weighted by Crippen LogP contribution is 2.19. The Kier molecular flexibility index (Phi) is 4.45. The molecule has 0 spiro atoms. The van der Waals surface area contributed by atoms with E-state index in [9.17, 15) is 0 Å². The molecule has 0 unspecified atom stereocenters. The van der Waals surface area contributed by atoms with Crippen LogP contribution in [0.25, 0.3) is 5.57 Å². The van der Waals surface area contributed by atoms with E-state index in [2.05, 4.69) is 44.7 Å². The first-order valence-electron chi connectivity index (χ1n) is 5.43. The van der Waals surface area contributed by atoms with Gasteiger partial charge in [0.1, 0.15) is 0 Å². The van der Waals surface area contributed by atoms with Gasteiger partial charge in [0.2, 0.25) is 0 Å². The summed E-state index contributed by atoms with van der Waals surface area (Å²) >= 11 is 0. The second kappa shape index (κ2) is 5.64. The Balaban J connectivity index is 2.36. The van der Waals surface area contributed by atoms with Crippen molar-refractivity contribution in [3.8, 4) is 0 Å². The molecule has 1 rings (SSSR count). The average molecular weight is 188 g/mol. The van der Waals surface area contributed by atoms with E-state index >= 15 is 0 Å². The van der Waals surface area contributed by atoms with Gasteiger partial charge < -0.3 is 0 Å². The molecule has 1 aromatic carbocycles. The molecule has 0 amide bonds. The number of hydrogen-bond donors (Lipinski definition) is 0. The Hall–Kier alpha value is -1.04. The SMILES string of the molecule is C=C(CCCC(C)C)c1ccccc1. The van der Waals surface area contributed by atoms with E-state index in [0.717, 1.165) is 12.3 Å². The summed E-state index contributed by atoms with van der Waals surface area (Å²) in [5.41, 5.74) is 2.56. The van der Waals surface area contributed by atoms with Gasteiger partial charge >= 0.3 is 0 Å². The van der Waals surface area contributed by atoms with Crippen LogP contribution in [0.2, 0.25) is 0 Å². The molecule has 0 heterocycles. The van der Waals surface area contributed by atoms with Crippen LogP contribution in [0.5, 0.6) is 0 Å². The molecule has 0 aliphatic heterocycles. The maximum absolute atomic E-state index is 4.12. The Morgan fingerprint density at radius 1 is 1.21 bits per heavy atom. The minimum Gasteiger partial charge on any atom is -0.0952 e. The predicted molar refractivity (Wildman–Crippen MR) is 64.2 cm³/mol. The fourth-order valence-corrected chi connectivity index (χ4v) is 1.54. The summed E-state index contributed by atoms with van der Waals surface area (Å²) in [6, 6.07) is 10.5. The van der Waals surface area contributed by atoms with Crippen molar-refractivity contribution >= 4 is 5.57 Å². The van der Waals surface area contributed by atoms with Gasteiger partial charge in [-0.2, -0.15) is 0 Å². The zero-order chi connectivity index (χ0) is 10.4. The summed E-state index contributed by atoms with van der Waals surface area (Å²) in [5.74, 6) is 0.804. The van der Waals surface area contributed by atoms with Crippen LogP contribution in [0.4, 0.5) is 0 Å². The minimum atomic E-state index is 0.804. The molecule has 0 heteroatoms. The number of hydrogen-bond acceptors (Lipinski definition) is 0. The maximum Gasteiger partial charge on any atom is -0.0230 e. The van der Waals surface area contributed by atoms with Gasteiger partial charge in [-0.3, -0.25) is 0 Å². The lowest BCUT2D eigenvalue weighted by Gasteiger charge is -2.07. The second-order valence-electron chi connectivity index (χ2n) is 4.26. The second-order valence-corrected chi connectivity index (χ2v) is 4.26. The summed E-state index contributed by atoms with van der Waals surface area (Å²) in [6.45, 7) is 8.66. The van der Waals surface area contributed by atoms with Crippen molar-refractivity contribution in [1.29, 1.82) is 0 Å². The lowest BCUT2D eigenvalue weighted by Crippen LogP contribution is -1.88. The van der Waals surface area contributed by atoms with Gasteiger partial charge in [-0.15, -0.1) is 0 Å². The topological polar surface area (TPSA) is 0 Å². The molecule has 1 aromatic rings. The zero-order valence-electron chi connectivity index (χ0n) is 9.29. The van der Waals surface area contributed by atoms with Crippen LogP contribution >= 0.6 is 0 Å². The van der Waals surface area contributed by atoms with Gasteiger partial charge in [0, 0.05) is 0 Å². The molecule has 0 N–H and O–H groups in total. The van der Waals surface area contributed by atoms with Gasteiger partial charge in [0.15, 0.2) is 0 Å². The molecular weight excluding hydrogens is 168 g/mol. The van der Waals surface area contributed by atoms with Crippen molar-refractivity contribution in [2.75, 3.05) is 0 Å². The van der Waals surface area contributed by atoms with Gasteiger partial charge in [-0.25, -0.2) is 0 Å². The number of benzene rings is 1. The quantitative estimate of drug-likeness (QED) is 0.637. The fraction of sp³-hybridized carbons (Fsp3) is 0.429. The van der Waals surface area contributed by atoms with E-state index in [-0.39, 0.29) is 0 Å². The van der Waals surface area contributed by atoms with Crippen LogP contribution in [-0.2, 0) is 0 Å². The van der Waals surface area contributed by atoms with Crippen LogP contribution in [0.1, 0.15) is 38.7 Å². The zero-order valence-corrected chi connectivity index (χ0v) is 9.29. The van der Waals surface area contributed by atoms with E-state index in [1.54, 1.807) is 0 Å². The largest absolute Gasteiger partial charge is 0.0952 e. The molecule has 0 aliphatic carbocycles. The van der Waals surface area contributed by atoms with Gasteiger partial charge in [-0.05, 0) is 29.9 Å². The lowest BCUT2D eigenvalue weighted by atomic mass is 9.99. The van der Waals surface area contributed by atoms with Crippen LogP contribution < -0.4 is 0 Å². The Bertz CT molecular complexity index is 269. The first-order chi connectivity index (χ1) is 6.70. The standard InChI is InChI=1S/C14H20/c1-12(2)8-7-9-13(3)14-10-5-4-6-11-14/h4-6,10-12H,3,7-9H2,1-2H3. The number of rotatable bonds is 5.